The Bertz CT molecular complexity index is 2080. The van der Waals surface area contributed by atoms with Gasteiger partial charge in [0.15, 0.2) is 5.78 Å². The lowest BCUT2D eigenvalue weighted by atomic mass is 9.99. The molecule has 0 spiro atoms. The number of carbonyl (C=O) groups is 6. The molecule has 3 heterocycles. The molecular weight excluding hydrogens is 698 g/mol. The molecule has 0 saturated carbocycles. The van der Waals surface area contributed by atoms with E-state index in [9.17, 15) is 28.8 Å². The maximum absolute atomic E-state index is 13.3. The molecule has 53 heavy (non-hydrogen) atoms. The van der Waals surface area contributed by atoms with E-state index in [0.717, 1.165) is 21.6 Å². The highest BCUT2D eigenvalue weighted by Gasteiger charge is 2.45. The third-order valence-electron chi connectivity index (χ3n) is 9.18. The second-order valence-corrected chi connectivity index (χ2v) is 13.5. The third kappa shape index (κ3) is 9.11. The second-order valence-electron chi connectivity index (χ2n) is 13.1. The third-order valence-corrected chi connectivity index (χ3v) is 9.61. The number of aromatic nitrogens is 1. The number of piperidine rings is 1. The van der Waals surface area contributed by atoms with Crippen molar-refractivity contribution in [2.24, 2.45) is 0 Å². The maximum Gasteiger partial charge on any atom is 0.262 e. The van der Waals surface area contributed by atoms with E-state index in [4.69, 9.17) is 21.1 Å². The summed E-state index contributed by atoms with van der Waals surface area (Å²) >= 11 is 6.09. The summed E-state index contributed by atoms with van der Waals surface area (Å²) in [5.74, 6) is -1.14. The molecule has 0 radical (unpaired) electrons. The van der Waals surface area contributed by atoms with Crippen LogP contribution in [0.2, 0.25) is 5.02 Å². The van der Waals surface area contributed by atoms with Crippen LogP contribution in [0.4, 0.5) is 0 Å². The molecular formula is C41H38ClN3O8. The Morgan fingerprint density at radius 1 is 0.887 bits per heavy atom. The van der Waals surface area contributed by atoms with Crippen LogP contribution < -0.4 is 10.1 Å². The van der Waals surface area contributed by atoms with E-state index in [-0.39, 0.29) is 47.6 Å². The standard InChI is InChI=1S/C41H38ClN3O8/c1-25-21-27(11-14-33(25)42)23-29(46)22-26-9-12-30(13-10-26)53-31-17-18-43-34(24-31)36(47)8-4-20-52-19-3-6-28-5-2-7-32-38(28)41(51)45(40(32)50)35-15-16-37(48)44-39(35)49/h2,5,7,9-14,17-18,21,24,35H,3-4,6,8,15-16,19-20,22-23H2,1H3,(H,44,48,49). The predicted molar refractivity (Wildman–Crippen MR) is 195 cm³/mol. The Morgan fingerprint density at radius 2 is 1.64 bits per heavy atom. The zero-order valence-corrected chi connectivity index (χ0v) is 29.9. The number of fused-ring (bicyclic) bond motifs is 1. The number of nitrogens with one attached hydrogen (secondary N) is 1. The van der Waals surface area contributed by atoms with Gasteiger partial charge < -0.3 is 9.47 Å². The monoisotopic (exact) mass is 735 g/mol. The first-order chi connectivity index (χ1) is 25.6. The number of benzene rings is 3. The molecule has 2 aliphatic heterocycles. The Kier molecular flexibility index (Phi) is 11.9. The summed E-state index contributed by atoms with van der Waals surface area (Å²) in [6.07, 6.45) is 4.08. The number of amides is 4. The van der Waals surface area contributed by atoms with Gasteiger partial charge in [-0.3, -0.25) is 44.0 Å². The van der Waals surface area contributed by atoms with Gasteiger partial charge in [0.1, 0.15) is 29.0 Å². The van der Waals surface area contributed by atoms with Gasteiger partial charge in [0, 0.05) is 56.2 Å². The van der Waals surface area contributed by atoms with Crippen LogP contribution in [0.15, 0.2) is 79.0 Å². The Hall–Kier alpha value is -5.52. The zero-order valence-electron chi connectivity index (χ0n) is 29.2. The van der Waals surface area contributed by atoms with Crippen molar-refractivity contribution in [1.29, 1.82) is 0 Å². The van der Waals surface area contributed by atoms with Crippen molar-refractivity contribution in [3.63, 3.8) is 0 Å². The van der Waals surface area contributed by atoms with Gasteiger partial charge in [-0.2, -0.15) is 0 Å². The zero-order chi connectivity index (χ0) is 37.5. The molecule has 0 bridgehead atoms. The number of pyridine rings is 1. The smallest absolute Gasteiger partial charge is 0.262 e. The molecule has 1 fully saturated rings. The van der Waals surface area contributed by atoms with Crippen LogP contribution >= 0.6 is 11.6 Å². The summed E-state index contributed by atoms with van der Waals surface area (Å²) in [7, 11) is 0. The Labute approximate surface area is 311 Å². The number of imide groups is 2. The highest BCUT2D eigenvalue weighted by Crippen LogP contribution is 2.30. The molecule has 0 aliphatic carbocycles. The van der Waals surface area contributed by atoms with Crippen molar-refractivity contribution < 1.29 is 38.2 Å². The van der Waals surface area contributed by atoms with Gasteiger partial charge in [-0.25, -0.2) is 0 Å². The number of hydrogen-bond donors (Lipinski definition) is 1. The number of aryl methyl sites for hydroxylation is 2. The van der Waals surface area contributed by atoms with E-state index in [1.807, 2.05) is 31.2 Å². The summed E-state index contributed by atoms with van der Waals surface area (Å²) in [5.41, 5.74) is 4.25. The van der Waals surface area contributed by atoms with E-state index in [1.54, 1.807) is 48.5 Å². The highest BCUT2D eigenvalue weighted by atomic mass is 35.5. The molecule has 4 amide bonds. The first-order valence-corrected chi connectivity index (χ1v) is 17.9. The highest BCUT2D eigenvalue weighted by molar-refractivity contribution is 6.31. The van der Waals surface area contributed by atoms with Crippen molar-refractivity contribution in [3.8, 4) is 11.5 Å². The number of ketones is 2. The quantitative estimate of drug-likeness (QED) is 0.0806. The normalized spacial score (nSPS) is 15.4. The van der Waals surface area contributed by atoms with Gasteiger partial charge in [-0.15, -0.1) is 0 Å². The summed E-state index contributed by atoms with van der Waals surface area (Å²) in [5, 5.41) is 2.88. The summed E-state index contributed by atoms with van der Waals surface area (Å²) in [6, 6.07) is 20.2. The maximum atomic E-state index is 13.3. The molecule has 1 unspecified atom stereocenters. The topological polar surface area (TPSA) is 149 Å². The minimum absolute atomic E-state index is 0.0611. The molecule has 1 aromatic heterocycles. The predicted octanol–water partition coefficient (Wildman–Crippen LogP) is 6.20. The van der Waals surface area contributed by atoms with Crippen molar-refractivity contribution >= 4 is 46.8 Å². The van der Waals surface area contributed by atoms with Gasteiger partial charge in [0.05, 0.1) is 11.1 Å². The number of rotatable bonds is 16. The van der Waals surface area contributed by atoms with E-state index in [1.165, 1.54) is 6.20 Å². The number of Topliss-reactive ketones (excluding diaryl/α,β-unsaturated/α-hetero) is 2. The van der Waals surface area contributed by atoms with Crippen LogP contribution in [0.1, 0.15) is 85.6 Å². The van der Waals surface area contributed by atoms with E-state index in [2.05, 4.69) is 10.3 Å². The average Bonchev–Trinajstić information content (AvgIpc) is 3.39. The van der Waals surface area contributed by atoms with Crippen molar-refractivity contribution in [2.75, 3.05) is 13.2 Å². The lowest BCUT2D eigenvalue weighted by molar-refractivity contribution is -0.136. The first-order valence-electron chi connectivity index (χ1n) is 17.5. The Balaban J connectivity index is 0.914. The van der Waals surface area contributed by atoms with Crippen molar-refractivity contribution in [1.82, 2.24) is 15.2 Å². The van der Waals surface area contributed by atoms with Crippen LogP contribution in [0.5, 0.6) is 11.5 Å². The minimum Gasteiger partial charge on any atom is -0.457 e. The lowest BCUT2D eigenvalue weighted by Gasteiger charge is -2.27. The molecule has 1 atom stereocenters. The SMILES string of the molecule is Cc1cc(CC(=O)Cc2ccc(Oc3ccnc(C(=O)CCCOCCCc4cccc5c4C(=O)N(C4CCC(=O)NC4=O)C5=O)c3)cc2)ccc1Cl. The van der Waals surface area contributed by atoms with Gasteiger partial charge in [-0.05, 0) is 85.2 Å². The molecule has 3 aromatic carbocycles. The fourth-order valence-corrected chi connectivity index (χ4v) is 6.61. The van der Waals surface area contributed by atoms with Crippen LogP contribution in [0.3, 0.4) is 0 Å². The van der Waals surface area contributed by atoms with E-state index in [0.29, 0.717) is 67.4 Å². The van der Waals surface area contributed by atoms with E-state index < -0.39 is 29.7 Å². The van der Waals surface area contributed by atoms with Crippen LogP contribution in [0, 0.1) is 6.92 Å². The largest absolute Gasteiger partial charge is 0.457 e. The van der Waals surface area contributed by atoms with Gasteiger partial charge in [0.2, 0.25) is 11.8 Å². The van der Waals surface area contributed by atoms with E-state index >= 15 is 0 Å². The molecule has 1 saturated heterocycles. The van der Waals surface area contributed by atoms with Crippen LogP contribution in [0.25, 0.3) is 0 Å². The van der Waals surface area contributed by atoms with Gasteiger partial charge in [-0.1, -0.05) is 48.0 Å². The molecule has 272 valence electrons. The fraction of sp³-hybridized carbons (Fsp3) is 0.293. The molecule has 2 aliphatic rings. The Morgan fingerprint density at radius 3 is 2.42 bits per heavy atom. The summed E-state index contributed by atoms with van der Waals surface area (Å²) in [6.45, 7) is 2.65. The minimum atomic E-state index is -1.01. The van der Waals surface area contributed by atoms with Gasteiger partial charge >= 0.3 is 0 Å². The van der Waals surface area contributed by atoms with Crippen molar-refractivity contribution in [2.45, 2.75) is 64.3 Å². The first kappa shape index (κ1) is 37.2. The molecule has 1 N–H and O–H groups in total. The van der Waals surface area contributed by atoms with Gasteiger partial charge in [0.25, 0.3) is 11.8 Å². The molecule has 4 aromatic rings. The summed E-state index contributed by atoms with van der Waals surface area (Å²) in [4.78, 5) is 80.9. The number of carbonyl (C=O) groups excluding carboxylic acids is 6. The molecule has 11 nitrogen and oxygen atoms in total. The number of ether oxygens (including phenoxy) is 2. The lowest BCUT2D eigenvalue weighted by Crippen LogP contribution is -2.54. The van der Waals surface area contributed by atoms with Crippen LogP contribution in [-0.2, 0) is 38.4 Å². The fourth-order valence-electron chi connectivity index (χ4n) is 6.50. The molecule has 6 rings (SSSR count). The summed E-state index contributed by atoms with van der Waals surface area (Å²) < 4.78 is 11.7. The van der Waals surface area contributed by atoms with Crippen molar-refractivity contribution in [3.05, 3.63) is 123 Å². The second kappa shape index (κ2) is 16.9. The van der Waals surface area contributed by atoms with Crippen LogP contribution in [-0.4, -0.2) is 64.3 Å². The number of nitrogens with zero attached hydrogens (tertiary/aromatic N) is 2. The number of halogens is 1. The molecule has 12 heteroatoms. The number of hydrogen-bond acceptors (Lipinski definition) is 9. The average molecular weight is 736 g/mol.